The summed E-state index contributed by atoms with van der Waals surface area (Å²) in [4.78, 5) is 27.2. The Kier molecular flexibility index (Phi) is 5.99. The van der Waals surface area contributed by atoms with E-state index in [-0.39, 0.29) is 24.2 Å². The Hall–Kier alpha value is -3.32. The van der Waals surface area contributed by atoms with Crippen LogP contribution >= 0.6 is 0 Å². The number of urea groups is 1. The standard InChI is InChI=1S/C23H25N5O2/c1-16(17-5-9-24-10-6-17)28(2)23(29)27-21-7-11-30-22(21)20-12-19(14-26-15-20)18-4-3-8-25-13-18/h3-6,8-10,12-16,21-22H,7,11H2,1-2H3,(H,27,29)/t16-,21-,22+/m0/s1. The van der Waals surface area contributed by atoms with Crippen LogP contribution in [0, 0.1) is 0 Å². The average molecular weight is 403 g/mol. The van der Waals surface area contributed by atoms with Gasteiger partial charge in [0.05, 0.1) is 12.1 Å². The number of hydrogen-bond donors (Lipinski definition) is 1. The number of ether oxygens (including phenoxy) is 1. The molecule has 7 nitrogen and oxygen atoms in total. The Bertz CT molecular complexity index is 983. The zero-order valence-corrected chi connectivity index (χ0v) is 17.1. The van der Waals surface area contributed by atoms with Crippen molar-refractivity contribution in [2.24, 2.45) is 0 Å². The zero-order chi connectivity index (χ0) is 20.9. The van der Waals surface area contributed by atoms with E-state index >= 15 is 0 Å². The van der Waals surface area contributed by atoms with Gasteiger partial charge < -0.3 is 15.0 Å². The highest BCUT2D eigenvalue weighted by Gasteiger charge is 2.32. The van der Waals surface area contributed by atoms with Gasteiger partial charge in [-0.2, -0.15) is 0 Å². The summed E-state index contributed by atoms with van der Waals surface area (Å²) in [6.07, 6.45) is 11.2. The van der Waals surface area contributed by atoms with Gasteiger partial charge in [0.15, 0.2) is 0 Å². The van der Waals surface area contributed by atoms with E-state index in [1.165, 1.54) is 0 Å². The largest absolute Gasteiger partial charge is 0.371 e. The second-order valence-corrected chi connectivity index (χ2v) is 7.45. The van der Waals surface area contributed by atoms with Gasteiger partial charge in [-0.25, -0.2) is 4.79 Å². The third-order valence-electron chi connectivity index (χ3n) is 5.57. The molecule has 4 rings (SSSR count). The topological polar surface area (TPSA) is 80.2 Å². The molecule has 0 spiro atoms. The lowest BCUT2D eigenvalue weighted by Gasteiger charge is -2.28. The summed E-state index contributed by atoms with van der Waals surface area (Å²) < 4.78 is 5.97. The number of carbonyl (C=O) groups is 1. The molecule has 0 bridgehead atoms. The predicted octanol–water partition coefficient (Wildman–Crippen LogP) is 3.77. The van der Waals surface area contributed by atoms with Crippen LogP contribution in [0.25, 0.3) is 11.1 Å². The molecule has 3 aromatic rings. The Balaban J connectivity index is 1.47. The second-order valence-electron chi connectivity index (χ2n) is 7.45. The summed E-state index contributed by atoms with van der Waals surface area (Å²) in [7, 11) is 1.80. The van der Waals surface area contributed by atoms with Crippen LogP contribution in [-0.2, 0) is 4.74 Å². The van der Waals surface area contributed by atoms with Gasteiger partial charge in [0.2, 0.25) is 0 Å². The third-order valence-corrected chi connectivity index (χ3v) is 5.57. The number of hydrogen-bond acceptors (Lipinski definition) is 5. The molecule has 0 unspecified atom stereocenters. The number of pyridine rings is 3. The first kappa shape index (κ1) is 20.0. The molecule has 7 heteroatoms. The van der Waals surface area contributed by atoms with Gasteiger partial charge in [-0.1, -0.05) is 6.07 Å². The molecule has 154 valence electrons. The van der Waals surface area contributed by atoms with E-state index < -0.39 is 0 Å². The fourth-order valence-electron chi connectivity index (χ4n) is 3.67. The van der Waals surface area contributed by atoms with E-state index in [1.807, 2.05) is 43.6 Å². The predicted molar refractivity (Wildman–Crippen MR) is 114 cm³/mol. The first-order valence-corrected chi connectivity index (χ1v) is 10.0. The molecule has 3 aromatic heterocycles. The van der Waals surface area contributed by atoms with Crippen LogP contribution in [0.15, 0.2) is 67.5 Å². The van der Waals surface area contributed by atoms with E-state index in [0.29, 0.717) is 6.61 Å². The number of aromatic nitrogens is 3. The van der Waals surface area contributed by atoms with Crippen molar-refractivity contribution >= 4 is 6.03 Å². The molecular formula is C23H25N5O2. The highest BCUT2D eigenvalue weighted by atomic mass is 16.5. The van der Waals surface area contributed by atoms with Gasteiger partial charge in [0.1, 0.15) is 6.10 Å². The Morgan fingerprint density at radius 3 is 2.67 bits per heavy atom. The van der Waals surface area contributed by atoms with E-state index in [4.69, 9.17) is 4.74 Å². The summed E-state index contributed by atoms with van der Waals surface area (Å²) in [6.45, 7) is 2.59. The van der Waals surface area contributed by atoms with Crippen LogP contribution in [0.4, 0.5) is 4.79 Å². The lowest BCUT2D eigenvalue weighted by molar-refractivity contribution is 0.0976. The fourth-order valence-corrected chi connectivity index (χ4v) is 3.67. The van der Waals surface area contributed by atoms with Gasteiger partial charge in [0, 0.05) is 67.5 Å². The molecule has 1 saturated heterocycles. The molecule has 0 radical (unpaired) electrons. The number of amides is 2. The first-order valence-electron chi connectivity index (χ1n) is 10.0. The van der Waals surface area contributed by atoms with Crippen molar-refractivity contribution < 1.29 is 9.53 Å². The van der Waals surface area contributed by atoms with Crippen molar-refractivity contribution in [3.8, 4) is 11.1 Å². The Morgan fingerprint density at radius 1 is 1.10 bits per heavy atom. The van der Waals surface area contributed by atoms with E-state index in [2.05, 4.69) is 26.3 Å². The van der Waals surface area contributed by atoms with Crippen molar-refractivity contribution in [3.63, 3.8) is 0 Å². The molecule has 0 aromatic carbocycles. The van der Waals surface area contributed by atoms with Gasteiger partial charge in [0.25, 0.3) is 0 Å². The molecule has 1 aliphatic heterocycles. The van der Waals surface area contributed by atoms with Crippen molar-refractivity contribution in [1.82, 2.24) is 25.2 Å². The van der Waals surface area contributed by atoms with E-state index in [1.54, 1.807) is 36.7 Å². The Morgan fingerprint density at radius 2 is 1.90 bits per heavy atom. The molecule has 0 saturated carbocycles. The SMILES string of the molecule is C[C@@H](c1ccncc1)N(C)C(=O)N[C@H]1CCO[C@@H]1c1cncc(-c2cccnc2)c1. The fraction of sp³-hybridized carbons (Fsp3) is 0.304. The van der Waals surface area contributed by atoms with E-state index in [0.717, 1.165) is 28.7 Å². The number of nitrogens with zero attached hydrogens (tertiary/aromatic N) is 4. The molecule has 1 N–H and O–H groups in total. The minimum atomic E-state index is -0.234. The second kappa shape index (κ2) is 9.00. The van der Waals surface area contributed by atoms with Gasteiger partial charge in [-0.15, -0.1) is 0 Å². The minimum absolute atomic E-state index is 0.0654. The van der Waals surface area contributed by atoms with Crippen molar-refractivity contribution in [3.05, 3.63) is 78.6 Å². The minimum Gasteiger partial charge on any atom is -0.371 e. The Labute approximate surface area is 176 Å². The van der Waals surface area contributed by atoms with Crippen LogP contribution in [0.2, 0.25) is 0 Å². The van der Waals surface area contributed by atoms with Crippen LogP contribution < -0.4 is 5.32 Å². The quantitative estimate of drug-likeness (QED) is 0.701. The van der Waals surface area contributed by atoms with Crippen molar-refractivity contribution in [2.45, 2.75) is 31.5 Å². The maximum Gasteiger partial charge on any atom is 0.317 e. The first-order chi connectivity index (χ1) is 14.6. The summed E-state index contributed by atoms with van der Waals surface area (Å²) >= 11 is 0. The molecule has 30 heavy (non-hydrogen) atoms. The van der Waals surface area contributed by atoms with Crippen molar-refractivity contribution in [1.29, 1.82) is 0 Å². The van der Waals surface area contributed by atoms with Gasteiger partial charge in [-0.3, -0.25) is 15.0 Å². The number of rotatable bonds is 5. The number of nitrogens with one attached hydrogen (secondary N) is 1. The van der Waals surface area contributed by atoms with Gasteiger partial charge in [-0.05, 0) is 43.2 Å². The third kappa shape index (κ3) is 4.31. The average Bonchev–Trinajstić information content (AvgIpc) is 3.27. The summed E-state index contributed by atoms with van der Waals surface area (Å²) in [5.41, 5.74) is 3.96. The molecule has 0 aliphatic carbocycles. The molecule has 1 aliphatic rings. The van der Waals surface area contributed by atoms with Crippen LogP contribution in [-0.4, -0.2) is 45.6 Å². The van der Waals surface area contributed by atoms with E-state index in [9.17, 15) is 4.79 Å². The normalized spacial score (nSPS) is 19.3. The van der Waals surface area contributed by atoms with Crippen LogP contribution in [0.3, 0.4) is 0 Å². The number of carbonyl (C=O) groups excluding carboxylic acids is 1. The maximum atomic E-state index is 12.9. The highest BCUT2D eigenvalue weighted by molar-refractivity contribution is 5.75. The van der Waals surface area contributed by atoms with Gasteiger partial charge >= 0.3 is 6.03 Å². The van der Waals surface area contributed by atoms with Crippen LogP contribution in [0.5, 0.6) is 0 Å². The zero-order valence-electron chi connectivity index (χ0n) is 17.1. The summed E-state index contributed by atoms with van der Waals surface area (Å²) in [5, 5.41) is 3.14. The van der Waals surface area contributed by atoms with Crippen molar-refractivity contribution in [2.75, 3.05) is 13.7 Å². The van der Waals surface area contributed by atoms with Crippen LogP contribution in [0.1, 0.15) is 36.6 Å². The molecular weight excluding hydrogens is 378 g/mol. The molecule has 1 fully saturated rings. The lowest BCUT2D eigenvalue weighted by atomic mass is 10.0. The molecule has 3 atom stereocenters. The lowest BCUT2D eigenvalue weighted by Crippen LogP contribution is -2.45. The monoisotopic (exact) mass is 403 g/mol. The summed E-state index contributed by atoms with van der Waals surface area (Å²) in [6, 6.07) is 9.49. The highest BCUT2D eigenvalue weighted by Crippen LogP contribution is 2.31. The maximum absolute atomic E-state index is 12.9. The molecule has 2 amide bonds. The molecule has 4 heterocycles. The smallest absolute Gasteiger partial charge is 0.317 e. The summed E-state index contributed by atoms with van der Waals surface area (Å²) in [5.74, 6) is 0.